The first-order chi connectivity index (χ1) is 12.6. The van der Waals surface area contributed by atoms with Crippen molar-refractivity contribution in [2.75, 3.05) is 19.0 Å². The van der Waals surface area contributed by atoms with Gasteiger partial charge in [0.25, 0.3) is 5.91 Å². The molecule has 0 atom stereocenters. The fourth-order valence-electron chi connectivity index (χ4n) is 2.57. The van der Waals surface area contributed by atoms with Gasteiger partial charge in [0, 0.05) is 36.5 Å². The van der Waals surface area contributed by atoms with Gasteiger partial charge in [0.1, 0.15) is 0 Å². The zero-order valence-electron chi connectivity index (χ0n) is 14.9. The second-order valence-corrected chi connectivity index (χ2v) is 6.07. The quantitative estimate of drug-likeness (QED) is 0.563. The predicted octanol–water partition coefficient (Wildman–Crippen LogP) is 3.94. The summed E-state index contributed by atoms with van der Waals surface area (Å²) < 4.78 is 0. The minimum absolute atomic E-state index is 0.232. The Bertz CT molecular complexity index is 886. The highest BCUT2D eigenvalue weighted by atomic mass is 16.2. The van der Waals surface area contributed by atoms with Gasteiger partial charge in [-0.2, -0.15) is 5.10 Å². The van der Waals surface area contributed by atoms with E-state index in [0.717, 1.165) is 22.5 Å². The van der Waals surface area contributed by atoms with Crippen molar-refractivity contribution >= 4 is 17.3 Å². The molecule has 0 aliphatic carbocycles. The average molecular weight is 343 g/mol. The van der Waals surface area contributed by atoms with Gasteiger partial charge in [0.2, 0.25) is 0 Å². The molecular formula is C22H21N3O. The molecule has 0 bridgehead atoms. The van der Waals surface area contributed by atoms with Crippen LogP contribution in [0.1, 0.15) is 21.5 Å². The van der Waals surface area contributed by atoms with Gasteiger partial charge in [-0.25, -0.2) is 5.43 Å². The number of rotatable bonds is 5. The standard InChI is InChI=1S/C22H21N3O/c1-25(2)20-15-13-18(14-16-20)21(17-9-5-3-6-10-17)23-24-22(26)19-11-7-4-8-12-19/h3-16H,1-2H3,(H,24,26)/b23-21-. The molecule has 3 aromatic carbocycles. The molecule has 3 aromatic rings. The molecule has 26 heavy (non-hydrogen) atoms. The highest BCUT2D eigenvalue weighted by molar-refractivity contribution is 6.13. The van der Waals surface area contributed by atoms with Crippen molar-refractivity contribution in [1.82, 2.24) is 5.43 Å². The number of benzene rings is 3. The maximum Gasteiger partial charge on any atom is 0.271 e. The normalized spacial score (nSPS) is 11.1. The van der Waals surface area contributed by atoms with E-state index in [1.165, 1.54) is 0 Å². The summed E-state index contributed by atoms with van der Waals surface area (Å²) in [5.41, 5.74) is 6.96. The van der Waals surface area contributed by atoms with Gasteiger partial charge in [0.15, 0.2) is 0 Å². The van der Waals surface area contributed by atoms with E-state index in [4.69, 9.17) is 0 Å². The number of carbonyl (C=O) groups is 1. The Morgan fingerprint density at radius 1 is 0.731 bits per heavy atom. The molecule has 0 unspecified atom stereocenters. The fraction of sp³-hybridized carbons (Fsp3) is 0.0909. The SMILES string of the molecule is CN(C)c1ccc(/C(=N\NC(=O)c2ccccc2)c2ccccc2)cc1. The van der Waals surface area contributed by atoms with E-state index in [1.54, 1.807) is 12.1 Å². The summed E-state index contributed by atoms with van der Waals surface area (Å²) in [6.07, 6.45) is 0. The summed E-state index contributed by atoms with van der Waals surface area (Å²) >= 11 is 0. The van der Waals surface area contributed by atoms with Crippen molar-refractivity contribution in [3.05, 3.63) is 102 Å². The number of amides is 1. The van der Waals surface area contributed by atoms with Crippen LogP contribution in [-0.4, -0.2) is 25.7 Å². The van der Waals surface area contributed by atoms with Gasteiger partial charge >= 0.3 is 0 Å². The van der Waals surface area contributed by atoms with Crippen molar-refractivity contribution < 1.29 is 4.79 Å². The van der Waals surface area contributed by atoms with Crippen LogP contribution in [0.3, 0.4) is 0 Å². The number of nitrogens with zero attached hydrogens (tertiary/aromatic N) is 2. The Balaban J connectivity index is 1.92. The molecule has 3 rings (SSSR count). The maximum atomic E-state index is 12.3. The van der Waals surface area contributed by atoms with E-state index < -0.39 is 0 Å². The van der Waals surface area contributed by atoms with Crippen LogP contribution in [0.5, 0.6) is 0 Å². The Morgan fingerprint density at radius 3 is 1.77 bits per heavy atom. The van der Waals surface area contributed by atoms with Crippen LogP contribution in [0.15, 0.2) is 90.0 Å². The zero-order valence-corrected chi connectivity index (χ0v) is 14.9. The number of hydrogen-bond donors (Lipinski definition) is 1. The van der Waals surface area contributed by atoms with E-state index in [1.807, 2.05) is 91.8 Å². The van der Waals surface area contributed by atoms with Crippen LogP contribution in [0.25, 0.3) is 0 Å². The van der Waals surface area contributed by atoms with Crippen LogP contribution >= 0.6 is 0 Å². The molecule has 0 radical (unpaired) electrons. The molecule has 0 saturated carbocycles. The number of carbonyl (C=O) groups excluding carboxylic acids is 1. The summed E-state index contributed by atoms with van der Waals surface area (Å²) in [6.45, 7) is 0. The predicted molar refractivity (Wildman–Crippen MR) is 107 cm³/mol. The number of hydrazone groups is 1. The molecule has 0 spiro atoms. The number of hydrogen-bond acceptors (Lipinski definition) is 3. The molecule has 1 amide bonds. The first kappa shape index (κ1) is 17.4. The topological polar surface area (TPSA) is 44.7 Å². The largest absolute Gasteiger partial charge is 0.378 e. The van der Waals surface area contributed by atoms with Gasteiger partial charge < -0.3 is 4.90 Å². The van der Waals surface area contributed by atoms with Crippen LogP contribution in [-0.2, 0) is 0 Å². The second kappa shape index (κ2) is 8.12. The van der Waals surface area contributed by atoms with Crippen molar-refractivity contribution in [3.63, 3.8) is 0 Å². The Hall–Kier alpha value is -3.40. The molecule has 0 saturated heterocycles. The molecule has 0 aliphatic rings. The van der Waals surface area contributed by atoms with Crippen LogP contribution in [0, 0.1) is 0 Å². The molecule has 0 aromatic heterocycles. The van der Waals surface area contributed by atoms with E-state index in [9.17, 15) is 4.79 Å². The van der Waals surface area contributed by atoms with Crippen LogP contribution in [0.4, 0.5) is 5.69 Å². The summed E-state index contributed by atoms with van der Waals surface area (Å²) in [4.78, 5) is 14.4. The third-order valence-electron chi connectivity index (χ3n) is 4.01. The van der Waals surface area contributed by atoms with Crippen molar-refractivity contribution in [2.45, 2.75) is 0 Å². The molecule has 4 nitrogen and oxygen atoms in total. The fourth-order valence-corrected chi connectivity index (χ4v) is 2.57. The van der Waals surface area contributed by atoms with Gasteiger partial charge in [-0.05, 0) is 24.3 Å². The summed E-state index contributed by atoms with van der Waals surface area (Å²) in [7, 11) is 4.00. The highest BCUT2D eigenvalue weighted by Gasteiger charge is 2.09. The maximum absolute atomic E-state index is 12.3. The molecule has 1 N–H and O–H groups in total. The number of nitrogens with one attached hydrogen (secondary N) is 1. The van der Waals surface area contributed by atoms with E-state index in [2.05, 4.69) is 10.5 Å². The molecule has 4 heteroatoms. The third-order valence-corrected chi connectivity index (χ3v) is 4.01. The van der Waals surface area contributed by atoms with Crippen molar-refractivity contribution in [1.29, 1.82) is 0 Å². The van der Waals surface area contributed by atoms with Gasteiger partial charge in [-0.15, -0.1) is 0 Å². The lowest BCUT2D eigenvalue weighted by molar-refractivity contribution is 0.0955. The monoisotopic (exact) mass is 343 g/mol. The first-order valence-electron chi connectivity index (χ1n) is 8.41. The lowest BCUT2D eigenvalue weighted by Gasteiger charge is -2.13. The Labute approximate surface area is 153 Å². The van der Waals surface area contributed by atoms with Gasteiger partial charge in [0.05, 0.1) is 5.71 Å². The second-order valence-electron chi connectivity index (χ2n) is 6.07. The van der Waals surface area contributed by atoms with Crippen LogP contribution in [0.2, 0.25) is 0 Å². The summed E-state index contributed by atoms with van der Waals surface area (Å²) in [5.74, 6) is -0.232. The number of anilines is 1. The lowest BCUT2D eigenvalue weighted by atomic mass is 10.0. The zero-order chi connectivity index (χ0) is 18.4. The van der Waals surface area contributed by atoms with Gasteiger partial charge in [-0.3, -0.25) is 4.79 Å². The van der Waals surface area contributed by atoms with Crippen molar-refractivity contribution in [2.24, 2.45) is 5.10 Å². The first-order valence-corrected chi connectivity index (χ1v) is 8.41. The minimum atomic E-state index is -0.232. The smallest absolute Gasteiger partial charge is 0.271 e. The van der Waals surface area contributed by atoms with E-state index >= 15 is 0 Å². The lowest BCUT2D eigenvalue weighted by Crippen LogP contribution is -2.20. The third kappa shape index (κ3) is 4.16. The minimum Gasteiger partial charge on any atom is -0.378 e. The average Bonchev–Trinajstić information content (AvgIpc) is 2.70. The summed E-state index contributed by atoms with van der Waals surface area (Å²) in [5, 5.41) is 4.42. The highest BCUT2D eigenvalue weighted by Crippen LogP contribution is 2.16. The molecule has 0 aliphatic heterocycles. The molecule has 0 fully saturated rings. The summed E-state index contributed by atoms with van der Waals surface area (Å²) in [6, 6.07) is 27.0. The van der Waals surface area contributed by atoms with Crippen molar-refractivity contribution in [3.8, 4) is 0 Å². The van der Waals surface area contributed by atoms with E-state index in [-0.39, 0.29) is 5.91 Å². The molecule has 0 heterocycles. The Morgan fingerprint density at radius 2 is 1.23 bits per heavy atom. The Kier molecular flexibility index (Phi) is 5.44. The van der Waals surface area contributed by atoms with E-state index in [0.29, 0.717) is 5.56 Å². The van der Waals surface area contributed by atoms with Crippen LogP contribution < -0.4 is 10.3 Å². The molecular weight excluding hydrogens is 322 g/mol. The van der Waals surface area contributed by atoms with Gasteiger partial charge in [-0.1, -0.05) is 60.7 Å². The molecule has 130 valence electrons.